The van der Waals surface area contributed by atoms with Crippen LogP contribution < -0.4 is 5.32 Å². The minimum absolute atomic E-state index is 0.0390. The molecule has 0 spiro atoms. The SMILES string of the molecule is Cc1cc(-c2cnc(NC(C)c3ccccn3)nc2-c2ccoc2C)on1. The summed E-state index contributed by atoms with van der Waals surface area (Å²) in [4.78, 5) is 13.6. The lowest BCUT2D eigenvalue weighted by Gasteiger charge is -2.14. The van der Waals surface area contributed by atoms with E-state index in [1.54, 1.807) is 18.7 Å². The summed E-state index contributed by atoms with van der Waals surface area (Å²) in [7, 11) is 0. The van der Waals surface area contributed by atoms with Crippen LogP contribution in [0.1, 0.15) is 30.1 Å². The maximum absolute atomic E-state index is 5.47. The van der Waals surface area contributed by atoms with E-state index in [0.29, 0.717) is 11.7 Å². The van der Waals surface area contributed by atoms with Crippen molar-refractivity contribution in [3.63, 3.8) is 0 Å². The van der Waals surface area contributed by atoms with Gasteiger partial charge in [0.25, 0.3) is 0 Å². The Labute approximate surface area is 156 Å². The molecule has 1 N–H and O–H groups in total. The quantitative estimate of drug-likeness (QED) is 0.556. The summed E-state index contributed by atoms with van der Waals surface area (Å²) in [6.07, 6.45) is 5.15. The molecule has 4 heterocycles. The largest absolute Gasteiger partial charge is 0.469 e. The van der Waals surface area contributed by atoms with Gasteiger partial charge in [-0.2, -0.15) is 0 Å². The number of rotatable bonds is 5. The smallest absolute Gasteiger partial charge is 0.223 e. The summed E-state index contributed by atoms with van der Waals surface area (Å²) in [5.41, 5.74) is 4.08. The number of aryl methyl sites for hydroxylation is 2. The van der Waals surface area contributed by atoms with Crippen molar-refractivity contribution in [2.75, 3.05) is 5.32 Å². The van der Waals surface area contributed by atoms with Gasteiger partial charge in [0, 0.05) is 24.0 Å². The van der Waals surface area contributed by atoms with Crippen LogP contribution in [-0.4, -0.2) is 20.1 Å². The summed E-state index contributed by atoms with van der Waals surface area (Å²) >= 11 is 0. The fraction of sp³-hybridized carbons (Fsp3) is 0.200. The molecule has 4 aromatic heterocycles. The van der Waals surface area contributed by atoms with Gasteiger partial charge >= 0.3 is 0 Å². The summed E-state index contributed by atoms with van der Waals surface area (Å²) in [5, 5.41) is 7.27. The van der Waals surface area contributed by atoms with Gasteiger partial charge in [0.05, 0.1) is 35.0 Å². The zero-order chi connectivity index (χ0) is 18.8. The molecule has 4 rings (SSSR count). The topological polar surface area (TPSA) is 89.9 Å². The Bertz CT molecular complexity index is 1060. The lowest BCUT2D eigenvalue weighted by Crippen LogP contribution is -2.11. The van der Waals surface area contributed by atoms with Crippen LogP contribution in [0.3, 0.4) is 0 Å². The van der Waals surface area contributed by atoms with Crippen molar-refractivity contribution in [2.24, 2.45) is 0 Å². The van der Waals surface area contributed by atoms with Crippen LogP contribution in [0.2, 0.25) is 0 Å². The summed E-state index contributed by atoms with van der Waals surface area (Å²) in [5.74, 6) is 1.89. The Morgan fingerprint density at radius 1 is 1.07 bits per heavy atom. The van der Waals surface area contributed by atoms with E-state index >= 15 is 0 Å². The predicted molar refractivity (Wildman–Crippen MR) is 101 cm³/mol. The van der Waals surface area contributed by atoms with Crippen LogP contribution >= 0.6 is 0 Å². The molecule has 27 heavy (non-hydrogen) atoms. The molecule has 0 aromatic carbocycles. The van der Waals surface area contributed by atoms with E-state index in [9.17, 15) is 0 Å². The highest BCUT2D eigenvalue weighted by Crippen LogP contribution is 2.33. The molecule has 0 aliphatic rings. The molecule has 0 radical (unpaired) electrons. The molecule has 136 valence electrons. The Hall–Kier alpha value is -3.48. The minimum Gasteiger partial charge on any atom is -0.469 e. The van der Waals surface area contributed by atoms with E-state index in [1.165, 1.54) is 0 Å². The monoisotopic (exact) mass is 361 g/mol. The lowest BCUT2D eigenvalue weighted by atomic mass is 10.1. The van der Waals surface area contributed by atoms with Crippen molar-refractivity contribution in [3.05, 3.63) is 66.1 Å². The molecule has 0 bridgehead atoms. The molecule has 0 aliphatic carbocycles. The number of hydrogen-bond donors (Lipinski definition) is 1. The van der Waals surface area contributed by atoms with Crippen LogP contribution in [-0.2, 0) is 0 Å². The van der Waals surface area contributed by atoms with Gasteiger partial charge in [-0.25, -0.2) is 9.97 Å². The number of anilines is 1. The Morgan fingerprint density at radius 2 is 1.96 bits per heavy atom. The predicted octanol–water partition coefficient (Wildman–Crippen LogP) is 4.58. The molecule has 0 amide bonds. The average Bonchev–Trinajstić information content (AvgIpc) is 3.30. The second kappa shape index (κ2) is 7.03. The van der Waals surface area contributed by atoms with Gasteiger partial charge in [0.1, 0.15) is 5.76 Å². The zero-order valence-corrected chi connectivity index (χ0v) is 15.3. The van der Waals surface area contributed by atoms with E-state index in [0.717, 1.165) is 34.0 Å². The third-order valence-electron chi connectivity index (χ3n) is 4.27. The molecule has 1 unspecified atom stereocenters. The van der Waals surface area contributed by atoms with Crippen LogP contribution in [0.15, 0.2) is 57.9 Å². The molecule has 0 aliphatic heterocycles. The van der Waals surface area contributed by atoms with Crippen molar-refractivity contribution in [2.45, 2.75) is 26.8 Å². The molecule has 1 atom stereocenters. The van der Waals surface area contributed by atoms with Gasteiger partial charge in [-0.3, -0.25) is 4.98 Å². The summed E-state index contributed by atoms with van der Waals surface area (Å²) in [6.45, 7) is 5.79. The summed E-state index contributed by atoms with van der Waals surface area (Å²) in [6, 6.07) is 9.52. The summed E-state index contributed by atoms with van der Waals surface area (Å²) < 4.78 is 10.9. The Kier molecular flexibility index (Phi) is 4.42. The molecule has 7 nitrogen and oxygen atoms in total. The van der Waals surface area contributed by atoms with Gasteiger partial charge in [-0.1, -0.05) is 11.2 Å². The highest BCUT2D eigenvalue weighted by Gasteiger charge is 2.19. The van der Waals surface area contributed by atoms with Crippen LogP contribution in [0.4, 0.5) is 5.95 Å². The maximum atomic E-state index is 5.47. The first-order chi connectivity index (χ1) is 13.1. The highest BCUT2D eigenvalue weighted by molar-refractivity contribution is 5.79. The molecule has 0 saturated carbocycles. The van der Waals surface area contributed by atoms with E-state index in [1.807, 2.05) is 51.1 Å². The number of pyridine rings is 1. The second-order valence-corrected chi connectivity index (χ2v) is 6.30. The van der Waals surface area contributed by atoms with Gasteiger partial charge in [-0.15, -0.1) is 0 Å². The molecule has 0 saturated heterocycles. The van der Waals surface area contributed by atoms with Gasteiger partial charge in [0.2, 0.25) is 5.95 Å². The fourth-order valence-corrected chi connectivity index (χ4v) is 2.86. The number of furan rings is 1. The maximum Gasteiger partial charge on any atom is 0.223 e. The number of aromatic nitrogens is 4. The minimum atomic E-state index is -0.0390. The molecular weight excluding hydrogens is 342 g/mol. The van der Waals surface area contributed by atoms with E-state index < -0.39 is 0 Å². The first kappa shape index (κ1) is 17.0. The van der Waals surface area contributed by atoms with E-state index in [4.69, 9.17) is 13.9 Å². The first-order valence-corrected chi connectivity index (χ1v) is 8.64. The van der Waals surface area contributed by atoms with Crippen molar-refractivity contribution >= 4 is 5.95 Å². The van der Waals surface area contributed by atoms with Gasteiger partial charge in [-0.05, 0) is 39.0 Å². The van der Waals surface area contributed by atoms with Crippen LogP contribution in [0.5, 0.6) is 0 Å². The number of nitrogens with zero attached hydrogens (tertiary/aromatic N) is 4. The van der Waals surface area contributed by atoms with E-state index in [-0.39, 0.29) is 6.04 Å². The highest BCUT2D eigenvalue weighted by atomic mass is 16.5. The standard InChI is InChI=1S/C20H19N5O2/c1-12-10-18(27-25-12)16-11-22-20(23-13(2)17-6-4-5-8-21-17)24-19(16)15-7-9-26-14(15)3/h4-11,13H,1-3H3,(H,22,23,24). The van der Waals surface area contributed by atoms with Gasteiger partial charge < -0.3 is 14.3 Å². The number of hydrogen-bond acceptors (Lipinski definition) is 7. The Balaban J connectivity index is 1.74. The fourth-order valence-electron chi connectivity index (χ4n) is 2.86. The van der Waals surface area contributed by atoms with Crippen molar-refractivity contribution < 1.29 is 8.94 Å². The van der Waals surface area contributed by atoms with E-state index in [2.05, 4.69) is 20.4 Å². The third kappa shape index (κ3) is 3.44. The van der Waals surface area contributed by atoms with Crippen molar-refractivity contribution in [1.82, 2.24) is 20.1 Å². The molecule has 0 fully saturated rings. The van der Waals surface area contributed by atoms with Crippen molar-refractivity contribution in [1.29, 1.82) is 0 Å². The zero-order valence-electron chi connectivity index (χ0n) is 15.3. The average molecular weight is 361 g/mol. The van der Waals surface area contributed by atoms with Crippen LogP contribution in [0.25, 0.3) is 22.6 Å². The molecule has 7 heteroatoms. The third-order valence-corrected chi connectivity index (χ3v) is 4.27. The van der Waals surface area contributed by atoms with Gasteiger partial charge in [0.15, 0.2) is 5.76 Å². The molecular formula is C20H19N5O2. The number of nitrogens with one attached hydrogen (secondary N) is 1. The second-order valence-electron chi connectivity index (χ2n) is 6.30. The molecule has 4 aromatic rings. The first-order valence-electron chi connectivity index (χ1n) is 8.64. The normalized spacial score (nSPS) is 12.1. The Morgan fingerprint density at radius 3 is 2.63 bits per heavy atom. The van der Waals surface area contributed by atoms with Crippen molar-refractivity contribution in [3.8, 4) is 22.6 Å². The lowest BCUT2D eigenvalue weighted by molar-refractivity contribution is 0.427. The van der Waals surface area contributed by atoms with Crippen LogP contribution in [0, 0.1) is 13.8 Å².